The summed E-state index contributed by atoms with van der Waals surface area (Å²) in [6, 6.07) is 0. The highest BCUT2D eigenvalue weighted by atomic mass is 28.4. The van der Waals surface area contributed by atoms with Crippen LogP contribution in [0, 0.1) is 11.3 Å². The molecule has 4 heteroatoms. The van der Waals surface area contributed by atoms with Crippen molar-refractivity contribution in [2.45, 2.75) is 71.2 Å². The highest BCUT2D eigenvalue weighted by Crippen LogP contribution is 2.53. The number of carbonyl (C=O) groups is 1. The maximum atomic E-state index is 12.1. The van der Waals surface area contributed by atoms with E-state index in [1.165, 1.54) is 11.1 Å². The molecular formula is C20H32O3Si. The third-order valence-electron chi connectivity index (χ3n) is 6.82. The van der Waals surface area contributed by atoms with Crippen LogP contribution >= 0.6 is 0 Å². The number of hydrogen-bond donors (Lipinski definition) is 0. The molecule has 0 saturated carbocycles. The molecule has 3 aliphatic rings. The van der Waals surface area contributed by atoms with Crippen molar-refractivity contribution in [3.05, 3.63) is 23.3 Å². The number of ether oxygens (including phenoxy) is 1. The van der Waals surface area contributed by atoms with Crippen LogP contribution < -0.4 is 0 Å². The SMILES string of the molecule is CC1=C[C@@H]2OCC3=CC(=O)C[C@H]3[C@]2(CO[Si](C)(C)C(C)(C)C)CC1. The van der Waals surface area contributed by atoms with Crippen molar-refractivity contribution in [1.29, 1.82) is 0 Å². The zero-order valence-electron chi connectivity index (χ0n) is 16.1. The topological polar surface area (TPSA) is 35.5 Å². The minimum atomic E-state index is -1.83. The predicted octanol–water partition coefficient (Wildman–Crippen LogP) is 4.65. The van der Waals surface area contributed by atoms with Gasteiger partial charge >= 0.3 is 0 Å². The van der Waals surface area contributed by atoms with E-state index in [4.69, 9.17) is 9.16 Å². The maximum absolute atomic E-state index is 12.1. The van der Waals surface area contributed by atoms with E-state index in [9.17, 15) is 4.79 Å². The van der Waals surface area contributed by atoms with Gasteiger partial charge in [0.2, 0.25) is 0 Å². The van der Waals surface area contributed by atoms with Gasteiger partial charge in [0, 0.05) is 24.4 Å². The maximum Gasteiger partial charge on any atom is 0.192 e. The molecule has 0 aromatic heterocycles. The molecule has 0 spiro atoms. The summed E-state index contributed by atoms with van der Waals surface area (Å²) in [5.74, 6) is 0.565. The van der Waals surface area contributed by atoms with E-state index in [0.29, 0.717) is 25.6 Å². The van der Waals surface area contributed by atoms with Gasteiger partial charge in [-0.1, -0.05) is 32.4 Å². The summed E-state index contributed by atoms with van der Waals surface area (Å²) >= 11 is 0. The lowest BCUT2D eigenvalue weighted by Gasteiger charge is -2.52. The summed E-state index contributed by atoms with van der Waals surface area (Å²) in [6.07, 6.45) is 6.99. The van der Waals surface area contributed by atoms with Gasteiger partial charge in [0.15, 0.2) is 14.1 Å². The highest BCUT2D eigenvalue weighted by molar-refractivity contribution is 6.74. The second-order valence-corrected chi connectivity index (χ2v) is 14.3. The fourth-order valence-electron chi connectivity index (χ4n) is 4.05. The van der Waals surface area contributed by atoms with Crippen molar-refractivity contribution in [2.24, 2.45) is 11.3 Å². The summed E-state index contributed by atoms with van der Waals surface area (Å²) < 4.78 is 12.9. The Morgan fingerprint density at radius 2 is 2.08 bits per heavy atom. The summed E-state index contributed by atoms with van der Waals surface area (Å²) in [7, 11) is -1.83. The van der Waals surface area contributed by atoms with Gasteiger partial charge in [0.25, 0.3) is 0 Å². The molecule has 3 nitrogen and oxygen atoms in total. The Bertz CT molecular complexity index is 596. The van der Waals surface area contributed by atoms with Crippen LogP contribution in [0.15, 0.2) is 23.3 Å². The third kappa shape index (κ3) is 2.97. The van der Waals surface area contributed by atoms with Gasteiger partial charge in [0.05, 0.1) is 12.7 Å². The monoisotopic (exact) mass is 348 g/mol. The Morgan fingerprint density at radius 3 is 2.75 bits per heavy atom. The molecule has 0 aromatic rings. The van der Waals surface area contributed by atoms with Crippen molar-refractivity contribution in [1.82, 2.24) is 0 Å². The highest BCUT2D eigenvalue weighted by Gasteiger charge is 2.54. The average Bonchev–Trinajstić information content (AvgIpc) is 2.85. The fraction of sp³-hybridized carbons (Fsp3) is 0.750. The molecule has 0 bridgehead atoms. The molecule has 1 aliphatic heterocycles. The average molecular weight is 349 g/mol. The van der Waals surface area contributed by atoms with Gasteiger partial charge < -0.3 is 9.16 Å². The van der Waals surface area contributed by atoms with Crippen molar-refractivity contribution < 1.29 is 14.0 Å². The van der Waals surface area contributed by atoms with Crippen LogP contribution in [0.25, 0.3) is 0 Å². The van der Waals surface area contributed by atoms with E-state index in [1.54, 1.807) is 0 Å². The molecule has 24 heavy (non-hydrogen) atoms. The molecule has 2 aliphatic carbocycles. The Balaban J connectivity index is 1.90. The zero-order valence-corrected chi connectivity index (χ0v) is 17.1. The van der Waals surface area contributed by atoms with Crippen molar-refractivity contribution in [3.63, 3.8) is 0 Å². The first-order valence-electron chi connectivity index (χ1n) is 9.21. The normalized spacial score (nSPS) is 33.7. The van der Waals surface area contributed by atoms with Crippen LogP contribution in [0.3, 0.4) is 0 Å². The van der Waals surface area contributed by atoms with Gasteiger partial charge in [0.1, 0.15) is 0 Å². The standard InChI is InChI=1S/C20H32O3Si/c1-14-7-8-20(13-23-24(5,6)19(2,3)4)17-11-16(21)10-15(17)12-22-18(20)9-14/h9-10,17-18H,7-8,11-13H2,1-6H3/t17-,18+,20-/m1/s1. The molecule has 1 heterocycles. The van der Waals surface area contributed by atoms with Crippen LogP contribution in [0.5, 0.6) is 0 Å². The minimum Gasteiger partial charge on any atom is -0.416 e. The van der Waals surface area contributed by atoms with Gasteiger partial charge in [-0.25, -0.2) is 0 Å². The first-order valence-corrected chi connectivity index (χ1v) is 12.1. The minimum absolute atomic E-state index is 0.0642. The summed E-state index contributed by atoms with van der Waals surface area (Å²) in [6.45, 7) is 15.0. The Kier molecular flexibility index (Phi) is 4.47. The molecule has 134 valence electrons. The van der Waals surface area contributed by atoms with Crippen molar-refractivity contribution >= 4 is 14.1 Å². The van der Waals surface area contributed by atoms with Gasteiger partial charge in [-0.3, -0.25) is 4.79 Å². The smallest absolute Gasteiger partial charge is 0.192 e. The second kappa shape index (κ2) is 5.92. The molecule has 1 fully saturated rings. The molecule has 0 radical (unpaired) electrons. The van der Waals surface area contributed by atoms with Gasteiger partial charge in [-0.05, 0) is 49.5 Å². The van der Waals surface area contributed by atoms with Gasteiger partial charge in [-0.2, -0.15) is 0 Å². The van der Waals surface area contributed by atoms with Crippen LogP contribution in [0.2, 0.25) is 18.1 Å². The molecule has 0 N–H and O–H groups in total. The van der Waals surface area contributed by atoms with E-state index in [2.05, 4.69) is 46.9 Å². The largest absolute Gasteiger partial charge is 0.416 e. The lowest BCUT2D eigenvalue weighted by molar-refractivity contribution is -0.119. The Labute approximate surface area is 147 Å². The predicted molar refractivity (Wildman–Crippen MR) is 99.5 cm³/mol. The number of hydrogen-bond acceptors (Lipinski definition) is 3. The van der Waals surface area contributed by atoms with Crippen LogP contribution in [-0.4, -0.2) is 33.4 Å². The number of fused-ring (bicyclic) bond motifs is 3. The molecule has 3 atom stereocenters. The number of ketones is 1. The van der Waals surface area contributed by atoms with E-state index in [0.717, 1.165) is 12.8 Å². The lowest BCUT2D eigenvalue weighted by atomic mass is 9.62. The lowest BCUT2D eigenvalue weighted by Crippen LogP contribution is -2.54. The van der Waals surface area contributed by atoms with Crippen LogP contribution in [0.1, 0.15) is 47.0 Å². The van der Waals surface area contributed by atoms with E-state index in [1.807, 2.05) is 6.08 Å². The van der Waals surface area contributed by atoms with E-state index >= 15 is 0 Å². The molecule has 1 saturated heterocycles. The van der Waals surface area contributed by atoms with E-state index < -0.39 is 8.32 Å². The first kappa shape index (κ1) is 18.1. The molecule has 0 unspecified atom stereocenters. The first-order chi connectivity index (χ1) is 11.1. The van der Waals surface area contributed by atoms with E-state index in [-0.39, 0.29) is 22.3 Å². The molecule has 0 amide bonds. The Morgan fingerprint density at radius 1 is 1.38 bits per heavy atom. The molecule has 3 rings (SSSR count). The zero-order chi connectivity index (χ0) is 17.8. The van der Waals surface area contributed by atoms with Gasteiger partial charge in [-0.15, -0.1) is 0 Å². The van der Waals surface area contributed by atoms with Crippen molar-refractivity contribution in [2.75, 3.05) is 13.2 Å². The summed E-state index contributed by atoms with van der Waals surface area (Å²) in [5, 5.41) is 0.194. The second-order valence-electron chi connectivity index (χ2n) is 9.47. The third-order valence-corrected chi connectivity index (χ3v) is 11.3. The number of rotatable bonds is 3. The molecule has 0 aromatic carbocycles. The summed E-state index contributed by atoms with van der Waals surface area (Å²) in [5.41, 5.74) is 2.54. The molecular weight excluding hydrogens is 316 g/mol. The summed E-state index contributed by atoms with van der Waals surface area (Å²) in [4.78, 5) is 12.1. The number of carbonyl (C=O) groups excluding carboxylic acids is 1. The van der Waals surface area contributed by atoms with Crippen LogP contribution in [0.4, 0.5) is 0 Å². The fourth-order valence-corrected chi connectivity index (χ4v) is 5.11. The quantitative estimate of drug-likeness (QED) is 0.550. The Hall–Kier alpha value is -0.713. The van der Waals surface area contributed by atoms with Crippen molar-refractivity contribution in [3.8, 4) is 0 Å². The number of allylic oxidation sites excluding steroid dienone is 2. The van der Waals surface area contributed by atoms with Crippen LogP contribution in [-0.2, 0) is 14.0 Å².